The minimum Gasteiger partial charge on any atom is -0.479 e. The number of nitrogens with zero attached hydrogens (tertiary/aromatic N) is 2. The molecule has 0 bridgehead atoms. The molecule has 0 radical (unpaired) electrons. The topological polar surface area (TPSA) is 117 Å². The fourth-order valence-corrected chi connectivity index (χ4v) is 3.07. The van der Waals surface area contributed by atoms with Gasteiger partial charge in [0.2, 0.25) is 5.60 Å². The Bertz CT molecular complexity index is 1260. The summed E-state index contributed by atoms with van der Waals surface area (Å²) in [7, 11) is 0.755. The van der Waals surface area contributed by atoms with Crippen LogP contribution in [0.5, 0.6) is 5.75 Å². The van der Waals surface area contributed by atoms with Crippen molar-refractivity contribution in [3.63, 3.8) is 0 Å². The average molecular weight is 495 g/mol. The predicted molar refractivity (Wildman–Crippen MR) is 103 cm³/mol. The molecule has 1 saturated carbocycles. The van der Waals surface area contributed by atoms with Crippen molar-refractivity contribution in [3.05, 3.63) is 55.6 Å². The fourth-order valence-electron chi connectivity index (χ4n) is 2.88. The molecule has 0 saturated heterocycles. The van der Waals surface area contributed by atoms with E-state index in [1.807, 2.05) is 0 Å². The monoisotopic (exact) mass is 494 g/mol. The molecular weight excluding hydrogens is 480 g/mol. The Balaban J connectivity index is 2.05. The van der Waals surface area contributed by atoms with Gasteiger partial charge in [0.15, 0.2) is 6.10 Å². The number of carbonyl (C=O) groups is 2. The molecule has 3 rings (SSSR count). The van der Waals surface area contributed by atoms with E-state index in [0.29, 0.717) is 6.07 Å². The van der Waals surface area contributed by atoms with Gasteiger partial charge in [0.05, 0.1) is 10.7 Å². The van der Waals surface area contributed by atoms with Crippen LogP contribution < -0.4 is 16.0 Å². The van der Waals surface area contributed by atoms with Gasteiger partial charge in [-0.25, -0.2) is 23.3 Å². The third-order valence-corrected chi connectivity index (χ3v) is 5.16. The summed E-state index contributed by atoms with van der Waals surface area (Å²) >= 11 is 5.95. The summed E-state index contributed by atoms with van der Waals surface area (Å²) in [5, 5.41) is 8.50. The molecule has 1 aliphatic rings. The molecular formula is C19H15ClF4N2O7. The normalized spacial score (nSPS) is 15.6. The highest BCUT2D eigenvalue weighted by Gasteiger charge is 2.55. The van der Waals surface area contributed by atoms with Gasteiger partial charge in [-0.2, -0.15) is 13.2 Å². The van der Waals surface area contributed by atoms with Crippen LogP contribution in [0.2, 0.25) is 5.02 Å². The summed E-state index contributed by atoms with van der Waals surface area (Å²) in [4.78, 5) is 47.9. The van der Waals surface area contributed by atoms with Gasteiger partial charge in [-0.3, -0.25) is 9.36 Å². The number of alkyl halides is 3. The van der Waals surface area contributed by atoms with Crippen LogP contribution in [0.25, 0.3) is 5.69 Å². The molecule has 1 aliphatic carbocycles. The van der Waals surface area contributed by atoms with Crippen molar-refractivity contribution in [1.82, 2.24) is 9.13 Å². The number of carboxylic acids is 1. The van der Waals surface area contributed by atoms with E-state index in [9.17, 15) is 36.7 Å². The molecule has 0 spiro atoms. The van der Waals surface area contributed by atoms with Crippen LogP contribution in [-0.2, 0) is 27.5 Å². The molecule has 178 valence electrons. The van der Waals surface area contributed by atoms with Gasteiger partial charge in [0.1, 0.15) is 17.3 Å². The van der Waals surface area contributed by atoms with E-state index in [0.717, 1.165) is 20.0 Å². The van der Waals surface area contributed by atoms with Crippen molar-refractivity contribution in [2.45, 2.75) is 37.6 Å². The van der Waals surface area contributed by atoms with Gasteiger partial charge in [-0.1, -0.05) is 11.6 Å². The number of ether oxygens (including phenoxy) is 2. The number of carbonyl (C=O) groups excluding carboxylic acids is 1. The summed E-state index contributed by atoms with van der Waals surface area (Å²) in [6.45, 7) is 1.12. The molecule has 1 heterocycles. The van der Waals surface area contributed by atoms with Gasteiger partial charge in [-0.05, 0) is 13.0 Å². The van der Waals surface area contributed by atoms with Crippen LogP contribution in [0.1, 0.15) is 25.5 Å². The first-order valence-electron chi connectivity index (χ1n) is 9.20. The van der Waals surface area contributed by atoms with Gasteiger partial charge in [0, 0.05) is 32.0 Å². The molecule has 33 heavy (non-hydrogen) atoms. The highest BCUT2D eigenvalue weighted by atomic mass is 35.5. The molecule has 1 fully saturated rings. The lowest BCUT2D eigenvalue weighted by Gasteiger charge is -2.20. The third-order valence-electron chi connectivity index (χ3n) is 4.87. The maximum atomic E-state index is 14.6. The second-order valence-corrected chi connectivity index (χ2v) is 7.67. The van der Waals surface area contributed by atoms with Crippen LogP contribution in [0.3, 0.4) is 0 Å². The maximum absolute atomic E-state index is 14.6. The largest absolute Gasteiger partial charge is 0.479 e. The minimum absolute atomic E-state index is 0.100. The van der Waals surface area contributed by atoms with E-state index in [4.69, 9.17) is 26.2 Å². The molecule has 0 aliphatic heterocycles. The molecule has 1 aromatic carbocycles. The van der Waals surface area contributed by atoms with Gasteiger partial charge < -0.3 is 14.6 Å². The highest BCUT2D eigenvalue weighted by Crippen LogP contribution is 2.44. The zero-order valence-electron chi connectivity index (χ0n) is 16.9. The average Bonchev–Trinajstić information content (AvgIpc) is 3.48. The fraction of sp³-hybridized carbons (Fsp3) is 0.368. The molecule has 1 unspecified atom stereocenters. The number of halogens is 5. The van der Waals surface area contributed by atoms with Crippen molar-refractivity contribution in [2.24, 2.45) is 7.05 Å². The molecule has 2 aromatic rings. The number of hydrogen-bond donors (Lipinski definition) is 1. The van der Waals surface area contributed by atoms with Crippen molar-refractivity contribution in [3.8, 4) is 11.4 Å². The Morgan fingerprint density at radius 3 is 2.33 bits per heavy atom. The van der Waals surface area contributed by atoms with Gasteiger partial charge >= 0.3 is 23.8 Å². The second kappa shape index (κ2) is 8.21. The van der Waals surface area contributed by atoms with Crippen LogP contribution in [0, 0.1) is 5.82 Å². The molecule has 9 nitrogen and oxygen atoms in total. The molecule has 1 N–H and O–H groups in total. The van der Waals surface area contributed by atoms with Gasteiger partial charge in [-0.15, -0.1) is 0 Å². The van der Waals surface area contributed by atoms with E-state index in [2.05, 4.69) is 0 Å². The van der Waals surface area contributed by atoms with E-state index >= 15 is 0 Å². The van der Waals surface area contributed by atoms with E-state index < -0.39 is 58.3 Å². The number of rotatable bonds is 6. The zero-order chi connectivity index (χ0) is 24.9. The van der Waals surface area contributed by atoms with Crippen LogP contribution in [0.4, 0.5) is 17.6 Å². The Kier molecular flexibility index (Phi) is 6.04. The Hall–Kier alpha value is -3.35. The lowest BCUT2D eigenvalue weighted by Crippen LogP contribution is -2.41. The van der Waals surface area contributed by atoms with Crippen LogP contribution in [0.15, 0.2) is 27.8 Å². The molecule has 0 amide bonds. The Morgan fingerprint density at radius 2 is 1.82 bits per heavy atom. The highest BCUT2D eigenvalue weighted by molar-refractivity contribution is 6.32. The van der Waals surface area contributed by atoms with Crippen molar-refractivity contribution in [1.29, 1.82) is 0 Å². The van der Waals surface area contributed by atoms with E-state index in [1.165, 1.54) is 0 Å². The zero-order valence-corrected chi connectivity index (χ0v) is 17.7. The summed E-state index contributed by atoms with van der Waals surface area (Å²) in [6.07, 6.45) is -6.29. The molecule has 14 heteroatoms. The molecule has 1 aromatic heterocycles. The number of benzene rings is 1. The van der Waals surface area contributed by atoms with Crippen molar-refractivity contribution in [2.75, 3.05) is 0 Å². The smallest absolute Gasteiger partial charge is 0.431 e. The second-order valence-electron chi connectivity index (χ2n) is 7.26. The number of esters is 1. The number of aliphatic carboxylic acids is 1. The summed E-state index contributed by atoms with van der Waals surface area (Å²) < 4.78 is 64.3. The first-order valence-corrected chi connectivity index (χ1v) is 9.58. The van der Waals surface area contributed by atoms with Crippen molar-refractivity contribution < 1.29 is 41.7 Å². The number of aromatic nitrogens is 2. The maximum Gasteiger partial charge on any atom is 0.431 e. The lowest BCUT2D eigenvalue weighted by atomic mass is 10.2. The summed E-state index contributed by atoms with van der Waals surface area (Å²) in [5.41, 5.74) is -6.88. The first-order chi connectivity index (χ1) is 15.2. The standard InChI is InChI=1S/C19H15ClF4N2O7/c1-8(15(28)29)32-16(30)18(3-4-18)33-12-6-11(10(21)5-9(12)20)26-14(27)7-13(19(22,23)24)25(2)17(26)31/h5-8H,3-4H2,1-2H3,(H,28,29). The quantitative estimate of drug-likeness (QED) is 0.483. The summed E-state index contributed by atoms with van der Waals surface area (Å²) in [6, 6.07) is 1.56. The van der Waals surface area contributed by atoms with Crippen LogP contribution >= 0.6 is 11.6 Å². The van der Waals surface area contributed by atoms with Crippen LogP contribution in [-0.4, -0.2) is 37.9 Å². The summed E-state index contributed by atoms with van der Waals surface area (Å²) in [5.74, 6) is -4.03. The minimum atomic E-state index is -5.01. The Labute approximate surface area is 186 Å². The number of hydrogen-bond acceptors (Lipinski definition) is 6. The van der Waals surface area contributed by atoms with Crippen molar-refractivity contribution >= 4 is 23.5 Å². The Morgan fingerprint density at radius 1 is 1.21 bits per heavy atom. The third kappa shape index (κ3) is 4.58. The first kappa shape index (κ1) is 24.3. The number of carboxylic acid groups (broad SMARTS) is 1. The lowest BCUT2D eigenvalue weighted by molar-refractivity contribution is -0.169. The predicted octanol–water partition coefficient (Wildman–Crippen LogP) is 2.28. The van der Waals surface area contributed by atoms with E-state index in [1.54, 1.807) is 0 Å². The SMILES string of the molecule is CC(OC(=O)C1(Oc2cc(-n3c(=O)cc(C(F)(F)F)n(C)c3=O)c(F)cc2Cl)CC1)C(=O)O. The van der Waals surface area contributed by atoms with E-state index in [-0.39, 0.29) is 38.8 Å². The molecule has 1 atom stereocenters. The van der Waals surface area contributed by atoms with Gasteiger partial charge in [0.25, 0.3) is 5.56 Å².